The van der Waals surface area contributed by atoms with E-state index < -0.39 is 41.1 Å². The highest BCUT2D eigenvalue weighted by molar-refractivity contribution is 6.38. The molecule has 3 amide bonds. The first-order valence-electron chi connectivity index (χ1n) is 11.7. The summed E-state index contributed by atoms with van der Waals surface area (Å²) in [5.74, 6) is -2.84. The number of hydrogen-bond donors (Lipinski definition) is 2. The Hall–Kier alpha value is -2.81. The second kappa shape index (κ2) is 9.14. The number of carbonyl (C=O) groups excluding carboxylic acids is 3. The van der Waals surface area contributed by atoms with Crippen molar-refractivity contribution in [3.05, 3.63) is 85.8 Å². The smallest absolute Gasteiger partial charge is 0.250 e. The standard InChI is InChI=1S/C27H19Cl4N3O4/c1-38-20-5-3-2-4-12(20)6-19-21-22(25(36)34(24(21)35)16-8-13(28)7-14(29)9-16)27(33-19)17-10-15(30)11-18(31)23(17)32-26(27)37/h2-5,7-11,19,21-22,33H,6H2,1H3,(H,32,37). The fourth-order valence-electron chi connectivity index (χ4n) is 6.03. The lowest BCUT2D eigenvalue weighted by atomic mass is 9.76. The minimum Gasteiger partial charge on any atom is -0.496 e. The van der Waals surface area contributed by atoms with Crippen molar-refractivity contribution in [2.24, 2.45) is 11.8 Å². The van der Waals surface area contributed by atoms with Crippen LogP contribution in [0.3, 0.4) is 0 Å². The van der Waals surface area contributed by atoms with E-state index >= 15 is 0 Å². The first-order chi connectivity index (χ1) is 18.1. The van der Waals surface area contributed by atoms with Gasteiger partial charge in [0, 0.05) is 26.7 Å². The van der Waals surface area contributed by atoms with E-state index in [1.807, 2.05) is 24.3 Å². The Balaban J connectivity index is 1.53. The first kappa shape index (κ1) is 25.5. The molecule has 38 heavy (non-hydrogen) atoms. The van der Waals surface area contributed by atoms with Crippen molar-refractivity contribution in [1.29, 1.82) is 0 Å². The number of anilines is 2. The maximum atomic E-state index is 14.1. The number of imide groups is 1. The molecule has 2 saturated heterocycles. The molecule has 11 heteroatoms. The number of rotatable bonds is 4. The molecule has 3 aliphatic rings. The molecule has 3 aliphatic heterocycles. The van der Waals surface area contributed by atoms with Gasteiger partial charge in [0.25, 0.3) is 0 Å². The molecule has 0 aliphatic carbocycles. The zero-order chi connectivity index (χ0) is 26.9. The van der Waals surface area contributed by atoms with E-state index in [1.165, 1.54) is 24.3 Å². The first-order valence-corrected chi connectivity index (χ1v) is 13.2. The van der Waals surface area contributed by atoms with Gasteiger partial charge in [-0.3, -0.25) is 19.7 Å². The Labute approximate surface area is 237 Å². The van der Waals surface area contributed by atoms with Crippen molar-refractivity contribution in [1.82, 2.24) is 5.32 Å². The normalized spacial score (nSPS) is 25.7. The number of fused-ring (bicyclic) bond motifs is 4. The lowest BCUT2D eigenvalue weighted by Gasteiger charge is -2.30. The van der Waals surface area contributed by atoms with Gasteiger partial charge in [0.2, 0.25) is 17.7 Å². The summed E-state index contributed by atoms with van der Waals surface area (Å²) in [5.41, 5.74) is 0.251. The molecule has 3 aromatic rings. The van der Waals surface area contributed by atoms with Gasteiger partial charge in [0.1, 0.15) is 11.3 Å². The van der Waals surface area contributed by atoms with Gasteiger partial charge >= 0.3 is 0 Å². The number of para-hydroxylation sites is 1. The van der Waals surface area contributed by atoms with Crippen molar-refractivity contribution in [3.8, 4) is 5.75 Å². The third kappa shape index (κ3) is 3.64. The molecule has 4 atom stereocenters. The van der Waals surface area contributed by atoms with Crippen LogP contribution in [0.25, 0.3) is 0 Å². The summed E-state index contributed by atoms with van der Waals surface area (Å²) in [6, 6.07) is 14.4. The predicted molar refractivity (Wildman–Crippen MR) is 146 cm³/mol. The summed E-state index contributed by atoms with van der Waals surface area (Å²) < 4.78 is 5.52. The van der Waals surface area contributed by atoms with Crippen LogP contribution in [0.1, 0.15) is 11.1 Å². The van der Waals surface area contributed by atoms with E-state index in [-0.39, 0.29) is 20.8 Å². The highest BCUT2D eigenvalue weighted by Crippen LogP contribution is 2.55. The van der Waals surface area contributed by atoms with Gasteiger partial charge in [-0.05, 0) is 48.4 Å². The zero-order valence-electron chi connectivity index (χ0n) is 19.7. The van der Waals surface area contributed by atoms with Crippen molar-refractivity contribution in [3.63, 3.8) is 0 Å². The number of hydrogen-bond acceptors (Lipinski definition) is 5. The monoisotopic (exact) mass is 589 g/mol. The number of carbonyl (C=O) groups is 3. The summed E-state index contributed by atoms with van der Waals surface area (Å²) in [5, 5.41) is 7.26. The lowest BCUT2D eigenvalue weighted by Crippen LogP contribution is -2.53. The Kier molecular flexibility index (Phi) is 6.13. The van der Waals surface area contributed by atoms with E-state index in [2.05, 4.69) is 10.6 Å². The summed E-state index contributed by atoms with van der Waals surface area (Å²) in [4.78, 5) is 43.0. The van der Waals surface area contributed by atoms with E-state index in [9.17, 15) is 14.4 Å². The number of benzene rings is 3. The fourth-order valence-corrected chi connectivity index (χ4v) is 7.09. The van der Waals surface area contributed by atoms with Crippen LogP contribution in [0.15, 0.2) is 54.6 Å². The fraction of sp³-hybridized carbons (Fsp3) is 0.222. The quantitative estimate of drug-likeness (QED) is 0.393. The molecule has 194 valence electrons. The van der Waals surface area contributed by atoms with Crippen LogP contribution in [0, 0.1) is 11.8 Å². The molecule has 3 heterocycles. The molecule has 0 bridgehead atoms. The van der Waals surface area contributed by atoms with E-state index in [1.54, 1.807) is 13.2 Å². The molecule has 1 spiro atoms. The molecule has 2 fully saturated rings. The highest BCUT2D eigenvalue weighted by atomic mass is 35.5. The van der Waals surface area contributed by atoms with Crippen LogP contribution in [0.4, 0.5) is 11.4 Å². The van der Waals surface area contributed by atoms with E-state index in [0.29, 0.717) is 28.4 Å². The summed E-state index contributed by atoms with van der Waals surface area (Å²) >= 11 is 25.2. The van der Waals surface area contributed by atoms with Gasteiger partial charge in [-0.25, -0.2) is 4.90 Å². The summed E-state index contributed by atoms with van der Waals surface area (Å²) in [7, 11) is 1.56. The van der Waals surface area contributed by atoms with Gasteiger partial charge in [0.05, 0.1) is 35.3 Å². The third-order valence-corrected chi connectivity index (χ3v) is 8.43. The Morgan fingerprint density at radius 1 is 0.921 bits per heavy atom. The van der Waals surface area contributed by atoms with Crippen LogP contribution in [-0.2, 0) is 26.3 Å². The van der Waals surface area contributed by atoms with Gasteiger partial charge in [0.15, 0.2) is 0 Å². The predicted octanol–water partition coefficient (Wildman–Crippen LogP) is 5.48. The van der Waals surface area contributed by atoms with E-state index in [0.717, 1.165) is 10.5 Å². The Morgan fingerprint density at radius 2 is 1.61 bits per heavy atom. The molecule has 0 aromatic heterocycles. The average molecular weight is 591 g/mol. The minimum absolute atomic E-state index is 0.236. The number of nitrogens with one attached hydrogen (secondary N) is 2. The van der Waals surface area contributed by atoms with Gasteiger partial charge < -0.3 is 10.1 Å². The van der Waals surface area contributed by atoms with Crippen molar-refractivity contribution in [2.75, 3.05) is 17.3 Å². The van der Waals surface area contributed by atoms with Gasteiger partial charge in [-0.15, -0.1) is 0 Å². The second-order valence-electron chi connectivity index (χ2n) is 9.48. The van der Waals surface area contributed by atoms with Crippen molar-refractivity contribution < 1.29 is 19.1 Å². The topological polar surface area (TPSA) is 87.7 Å². The number of amides is 3. The van der Waals surface area contributed by atoms with Crippen molar-refractivity contribution in [2.45, 2.75) is 18.0 Å². The third-order valence-electron chi connectivity index (χ3n) is 7.48. The largest absolute Gasteiger partial charge is 0.496 e. The summed E-state index contributed by atoms with van der Waals surface area (Å²) in [6.07, 6.45) is 0.313. The van der Waals surface area contributed by atoms with Crippen LogP contribution >= 0.6 is 46.4 Å². The Bertz CT molecular complexity index is 1530. The van der Waals surface area contributed by atoms with E-state index in [4.69, 9.17) is 51.1 Å². The SMILES string of the molecule is COc1ccccc1CC1NC2(C(=O)Nc3c(Cl)cc(Cl)cc32)C2C(=O)N(c3cc(Cl)cc(Cl)c3)C(=O)C12. The van der Waals surface area contributed by atoms with Crippen LogP contribution in [0.2, 0.25) is 20.1 Å². The van der Waals surface area contributed by atoms with Gasteiger partial charge in [-0.1, -0.05) is 64.6 Å². The molecule has 0 radical (unpaired) electrons. The van der Waals surface area contributed by atoms with Crippen LogP contribution < -0.4 is 20.3 Å². The van der Waals surface area contributed by atoms with Gasteiger partial charge in [-0.2, -0.15) is 0 Å². The Morgan fingerprint density at radius 3 is 2.32 bits per heavy atom. The van der Waals surface area contributed by atoms with Crippen LogP contribution in [0.5, 0.6) is 5.75 Å². The van der Waals surface area contributed by atoms with Crippen molar-refractivity contribution >= 4 is 75.5 Å². The highest BCUT2D eigenvalue weighted by Gasteiger charge is 2.70. The maximum absolute atomic E-state index is 14.1. The minimum atomic E-state index is -1.58. The maximum Gasteiger partial charge on any atom is 0.250 e. The molecular weight excluding hydrogens is 572 g/mol. The molecule has 2 N–H and O–H groups in total. The summed E-state index contributed by atoms with van der Waals surface area (Å²) in [6.45, 7) is 0. The number of methoxy groups -OCH3 is 1. The van der Waals surface area contributed by atoms with Crippen LogP contribution in [-0.4, -0.2) is 30.9 Å². The number of halogens is 4. The molecule has 6 rings (SSSR count). The average Bonchev–Trinajstić information content (AvgIpc) is 3.44. The molecular formula is C27H19Cl4N3O4. The molecule has 7 nitrogen and oxygen atoms in total. The zero-order valence-corrected chi connectivity index (χ0v) is 22.8. The molecule has 0 saturated carbocycles. The molecule has 3 aromatic carbocycles. The second-order valence-corrected chi connectivity index (χ2v) is 11.2. The molecule has 4 unspecified atom stereocenters. The lowest BCUT2D eigenvalue weighted by molar-refractivity contribution is -0.130. The number of nitrogens with zero attached hydrogens (tertiary/aromatic N) is 1. The number of ether oxygens (including phenoxy) is 1.